The van der Waals surface area contributed by atoms with Crippen LogP contribution >= 0.6 is 11.6 Å². The Morgan fingerprint density at radius 1 is 1.37 bits per heavy atom. The molecule has 1 heterocycles. The number of hydrogen-bond acceptors (Lipinski definition) is 2. The van der Waals surface area contributed by atoms with E-state index in [0.717, 1.165) is 10.2 Å². The Kier molecular flexibility index (Phi) is 3.71. The maximum absolute atomic E-state index is 13.8. The summed E-state index contributed by atoms with van der Waals surface area (Å²) < 4.78 is 43.6. The summed E-state index contributed by atoms with van der Waals surface area (Å²) >= 11 is 5.91. The van der Waals surface area contributed by atoms with Crippen LogP contribution in [0.15, 0.2) is 18.2 Å². The summed E-state index contributed by atoms with van der Waals surface area (Å²) in [5.41, 5.74) is 0.935. The van der Waals surface area contributed by atoms with E-state index in [0.29, 0.717) is 0 Å². The van der Waals surface area contributed by atoms with E-state index in [9.17, 15) is 13.2 Å². The van der Waals surface area contributed by atoms with Crippen LogP contribution in [0.1, 0.15) is 5.56 Å². The fourth-order valence-electron chi connectivity index (χ4n) is 1.68. The van der Waals surface area contributed by atoms with Gasteiger partial charge in [0.15, 0.2) is 0 Å². The second kappa shape index (κ2) is 5.13. The van der Waals surface area contributed by atoms with E-state index in [1.54, 1.807) is 13.0 Å². The lowest BCUT2D eigenvalue weighted by Gasteiger charge is -2.04. The largest absolute Gasteiger partial charge is 0.416 e. The van der Waals surface area contributed by atoms with Crippen LogP contribution in [0.25, 0.3) is 11.3 Å². The van der Waals surface area contributed by atoms with Crippen molar-refractivity contribution in [3.8, 4) is 17.1 Å². The average Bonchev–Trinajstić information content (AvgIpc) is 2.57. The molecule has 0 atom stereocenters. The summed E-state index contributed by atoms with van der Waals surface area (Å²) in [6, 6.07) is 4.48. The number of aryl methyl sites for hydroxylation is 2. The highest BCUT2D eigenvalue weighted by atomic mass is 35.5. The zero-order valence-electron chi connectivity index (χ0n) is 10.1. The second-order valence-electron chi connectivity index (χ2n) is 3.95. The quantitative estimate of drug-likeness (QED) is 0.860. The molecule has 0 saturated carbocycles. The minimum absolute atomic E-state index is 0.0670. The maximum atomic E-state index is 13.8. The zero-order valence-corrected chi connectivity index (χ0v) is 10.9. The molecule has 0 aliphatic carbocycles. The third kappa shape index (κ3) is 2.68. The molecule has 3 nitrogen and oxygen atoms in total. The molecule has 1 aromatic carbocycles. The SMILES string of the molecule is Cc1ccc(-c2nn(C)c(OC(F)F)c2Cl)c(F)c1. The Morgan fingerprint density at radius 3 is 2.63 bits per heavy atom. The van der Waals surface area contributed by atoms with Gasteiger partial charge in [0.1, 0.15) is 16.5 Å². The number of ether oxygens (including phenoxy) is 1. The van der Waals surface area contributed by atoms with E-state index < -0.39 is 12.4 Å². The highest BCUT2D eigenvalue weighted by Crippen LogP contribution is 2.36. The fourth-order valence-corrected chi connectivity index (χ4v) is 1.99. The van der Waals surface area contributed by atoms with Gasteiger partial charge in [-0.3, -0.25) is 0 Å². The van der Waals surface area contributed by atoms with Gasteiger partial charge >= 0.3 is 6.61 Å². The monoisotopic (exact) mass is 290 g/mol. The summed E-state index contributed by atoms with van der Waals surface area (Å²) in [6.07, 6.45) is 0. The van der Waals surface area contributed by atoms with Crippen LogP contribution < -0.4 is 4.74 Å². The van der Waals surface area contributed by atoms with Gasteiger partial charge in [-0.15, -0.1) is 0 Å². The van der Waals surface area contributed by atoms with Crippen molar-refractivity contribution in [1.29, 1.82) is 0 Å². The van der Waals surface area contributed by atoms with Crippen LogP contribution in [0.5, 0.6) is 5.88 Å². The summed E-state index contributed by atoms with van der Waals surface area (Å²) in [4.78, 5) is 0. The van der Waals surface area contributed by atoms with Crippen molar-refractivity contribution in [2.75, 3.05) is 0 Å². The van der Waals surface area contributed by atoms with Crippen molar-refractivity contribution in [1.82, 2.24) is 9.78 Å². The number of nitrogens with zero attached hydrogens (tertiary/aromatic N) is 2. The number of rotatable bonds is 3. The van der Waals surface area contributed by atoms with E-state index >= 15 is 0 Å². The first-order chi connectivity index (χ1) is 8.90. The summed E-state index contributed by atoms with van der Waals surface area (Å²) in [5.74, 6) is -0.824. The Bertz CT molecular complexity index is 613. The van der Waals surface area contributed by atoms with E-state index in [1.807, 2.05) is 0 Å². The van der Waals surface area contributed by atoms with Gasteiger partial charge in [-0.05, 0) is 24.6 Å². The molecule has 0 radical (unpaired) electrons. The molecule has 0 amide bonds. The molecule has 7 heteroatoms. The molecule has 0 unspecified atom stereocenters. The fraction of sp³-hybridized carbons (Fsp3) is 0.250. The molecule has 1 aromatic heterocycles. The first kappa shape index (κ1) is 13.7. The van der Waals surface area contributed by atoms with Gasteiger partial charge in [0.2, 0.25) is 5.88 Å². The van der Waals surface area contributed by atoms with Gasteiger partial charge in [0.05, 0.1) is 0 Å². The smallest absolute Gasteiger partial charge is 0.388 e. The van der Waals surface area contributed by atoms with Crippen LogP contribution in [0, 0.1) is 12.7 Å². The molecule has 2 aromatic rings. The standard InChI is InChI=1S/C12H10ClF3N2O/c1-6-3-4-7(8(14)5-6)10-9(13)11(18(2)17-10)19-12(15)16/h3-5,12H,1-2H3. The molecular formula is C12H10ClF3N2O. The molecule has 0 aliphatic heterocycles. The Morgan fingerprint density at radius 2 is 2.05 bits per heavy atom. The topological polar surface area (TPSA) is 27.1 Å². The lowest BCUT2D eigenvalue weighted by molar-refractivity contribution is -0.0552. The minimum Gasteiger partial charge on any atom is -0.416 e. The van der Waals surface area contributed by atoms with Crippen molar-refractivity contribution in [2.24, 2.45) is 7.05 Å². The van der Waals surface area contributed by atoms with Gasteiger partial charge in [-0.25, -0.2) is 9.07 Å². The van der Waals surface area contributed by atoms with Crippen molar-refractivity contribution < 1.29 is 17.9 Å². The van der Waals surface area contributed by atoms with Crippen LogP contribution in [0.4, 0.5) is 13.2 Å². The third-order valence-corrected chi connectivity index (χ3v) is 2.86. The number of halogens is 4. The number of benzene rings is 1. The van der Waals surface area contributed by atoms with Crippen molar-refractivity contribution >= 4 is 11.6 Å². The van der Waals surface area contributed by atoms with Gasteiger partial charge < -0.3 is 4.74 Å². The van der Waals surface area contributed by atoms with Crippen LogP contribution in [0.3, 0.4) is 0 Å². The first-order valence-corrected chi connectivity index (χ1v) is 5.71. The summed E-state index contributed by atoms with van der Waals surface area (Å²) in [7, 11) is 1.39. The summed E-state index contributed by atoms with van der Waals surface area (Å²) in [6.45, 7) is -1.29. The maximum Gasteiger partial charge on any atom is 0.388 e. The second-order valence-corrected chi connectivity index (χ2v) is 4.33. The number of hydrogen-bond donors (Lipinski definition) is 0. The number of alkyl halides is 2. The lowest BCUT2D eigenvalue weighted by atomic mass is 10.1. The van der Waals surface area contributed by atoms with E-state index in [1.165, 1.54) is 19.2 Å². The summed E-state index contributed by atoms with van der Waals surface area (Å²) in [5, 5.41) is 3.76. The van der Waals surface area contributed by atoms with E-state index in [2.05, 4.69) is 9.84 Å². The highest BCUT2D eigenvalue weighted by molar-refractivity contribution is 6.34. The molecule has 0 fully saturated rings. The van der Waals surface area contributed by atoms with E-state index in [-0.39, 0.29) is 22.2 Å². The van der Waals surface area contributed by atoms with Crippen molar-refractivity contribution in [3.63, 3.8) is 0 Å². The zero-order chi connectivity index (χ0) is 14.2. The Labute approximate surface area is 112 Å². The van der Waals surface area contributed by atoms with Gasteiger partial charge in [0, 0.05) is 12.6 Å². The van der Waals surface area contributed by atoms with Gasteiger partial charge in [0.25, 0.3) is 0 Å². The molecule has 19 heavy (non-hydrogen) atoms. The van der Waals surface area contributed by atoms with Crippen molar-refractivity contribution in [2.45, 2.75) is 13.5 Å². The molecule has 2 rings (SSSR count). The van der Waals surface area contributed by atoms with Crippen LogP contribution in [-0.2, 0) is 7.05 Å². The third-order valence-electron chi connectivity index (χ3n) is 2.52. The van der Waals surface area contributed by atoms with Crippen LogP contribution in [-0.4, -0.2) is 16.4 Å². The van der Waals surface area contributed by atoms with Crippen LogP contribution in [0.2, 0.25) is 5.02 Å². The highest BCUT2D eigenvalue weighted by Gasteiger charge is 2.21. The first-order valence-electron chi connectivity index (χ1n) is 5.34. The van der Waals surface area contributed by atoms with Gasteiger partial charge in [-0.2, -0.15) is 13.9 Å². The molecule has 0 spiro atoms. The molecule has 0 saturated heterocycles. The van der Waals surface area contributed by atoms with E-state index in [4.69, 9.17) is 11.6 Å². The number of aromatic nitrogens is 2. The average molecular weight is 291 g/mol. The Hall–Kier alpha value is -1.69. The predicted molar refractivity (Wildman–Crippen MR) is 65.0 cm³/mol. The predicted octanol–water partition coefficient (Wildman–Crippen LogP) is 3.79. The van der Waals surface area contributed by atoms with Gasteiger partial charge in [-0.1, -0.05) is 17.7 Å². The molecular weight excluding hydrogens is 281 g/mol. The lowest BCUT2D eigenvalue weighted by Crippen LogP contribution is -2.06. The van der Waals surface area contributed by atoms with Crippen molar-refractivity contribution in [3.05, 3.63) is 34.6 Å². The molecule has 0 bridgehead atoms. The minimum atomic E-state index is -3.02. The molecule has 0 N–H and O–H groups in total. The Balaban J connectivity index is 2.51. The molecule has 0 aliphatic rings. The molecule has 102 valence electrons. The normalized spacial score (nSPS) is 11.1.